The van der Waals surface area contributed by atoms with E-state index in [4.69, 9.17) is 13.9 Å². The molecule has 3 aromatic rings. The Hall–Kier alpha value is -4.27. The molecule has 0 spiro atoms. The second kappa shape index (κ2) is 8.46. The topological polar surface area (TPSA) is 120 Å². The van der Waals surface area contributed by atoms with Crippen LogP contribution in [-0.2, 0) is 9.53 Å². The number of carbonyl (C=O) groups excluding carboxylic acids is 4. The average Bonchev–Trinajstić information content (AvgIpc) is 3.02. The van der Waals surface area contributed by atoms with Crippen LogP contribution in [0.15, 0.2) is 57.7 Å². The molecule has 2 amide bonds. The van der Waals surface area contributed by atoms with Crippen molar-refractivity contribution in [3.05, 3.63) is 75.6 Å². The van der Waals surface area contributed by atoms with Crippen molar-refractivity contribution in [2.75, 3.05) is 13.2 Å². The standard InChI is InChI=1S/C23H17NO8/c1-2-30-22(28)17-11-13-7-8-14(12-18(13)32-23(17)29)31-19(25)9-10-24-20(26)15-5-3-4-6-16(15)21(24)27/h3-8,11-12H,2,9-10H2,1H3. The van der Waals surface area contributed by atoms with E-state index in [1.165, 1.54) is 24.3 Å². The van der Waals surface area contributed by atoms with E-state index < -0.39 is 29.4 Å². The predicted molar refractivity (Wildman–Crippen MR) is 111 cm³/mol. The minimum Gasteiger partial charge on any atom is -0.462 e. The molecule has 162 valence electrons. The highest BCUT2D eigenvalue weighted by molar-refractivity contribution is 6.21. The van der Waals surface area contributed by atoms with Gasteiger partial charge in [0.15, 0.2) is 0 Å². The molecule has 4 rings (SSSR count). The number of rotatable bonds is 6. The Labute approximate surface area is 181 Å². The summed E-state index contributed by atoms with van der Waals surface area (Å²) in [5.41, 5.74) is -0.376. The Bertz CT molecular complexity index is 1290. The Morgan fingerprint density at radius 2 is 1.66 bits per heavy atom. The van der Waals surface area contributed by atoms with Gasteiger partial charge in [-0.25, -0.2) is 9.59 Å². The molecule has 0 aliphatic carbocycles. The molecule has 1 aliphatic heterocycles. The zero-order valence-electron chi connectivity index (χ0n) is 17.0. The van der Waals surface area contributed by atoms with Crippen LogP contribution in [0.5, 0.6) is 5.75 Å². The predicted octanol–water partition coefficient (Wildman–Crippen LogP) is 2.56. The van der Waals surface area contributed by atoms with Crippen molar-refractivity contribution in [1.82, 2.24) is 4.90 Å². The van der Waals surface area contributed by atoms with Crippen LogP contribution >= 0.6 is 0 Å². The van der Waals surface area contributed by atoms with Crippen molar-refractivity contribution in [2.45, 2.75) is 13.3 Å². The van der Waals surface area contributed by atoms with E-state index in [-0.39, 0.29) is 36.5 Å². The van der Waals surface area contributed by atoms with Crippen molar-refractivity contribution in [1.29, 1.82) is 0 Å². The Kier molecular flexibility index (Phi) is 5.55. The molecule has 0 radical (unpaired) electrons. The molecule has 2 heterocycles. The Morgan fingerprint density at radius 1 is 0.969 bits per heavy atom. The highest BCUT2D eigenvalue weighted by Crippen LogP contribution is 2.24. The zero-order chi connectivity index (χ0) is 22.8. The average molecular weight is 435 g/mol. The second-order valence-corrected chi connectivity index (χ2v) is 6.90. The summed E-state index contributed by atoms with van der Waals surface area (Å²) in [6.07, 6.45) is -0.213. The van der Waals surface area contributed by atoms with E-state index in [1.807, 2.05) is 0 Å². The molecule has 0 fully saturated rings. The third kappa shape index (κ3) is 3.87. The van der Waals surface area contributed by atoms with Gasteiger partial charge in [-0.05, 0) is 37.3 Å². The van der Waals surface area contributed by atoms with Crippen molar-refractivity contribution in [2.24, 2.45) is 0 Å². The van der Waals surface area contributed by atoms with E-state index in [1.54, 1.807) is 31.2 Å². The normalized spacial score (nSPS) is 12.7. The molecular formula is C23H17NO8. The van der Waals surface area contributed by atoms with Gasteiger partial charge in [-0.2, -0.15) is 0 Å². The molecule has 9 nitrogen and oxygen atoms in total. The van der Waals surface area contributed by atoms with E-state index in [0.717, 1.165) is 4.90 Å². The van der Waals surface area contributed by atoms with Gasteiger partial charge in [0, 0.05) is 18.0 Å². The molecule has 0 bridgehead atoms. The molecule has 0 saturated heterocycles. The lowest BCUT2D eigenvalue weighted by molar-refractivity contribution is -0.134. The number of imide groups is 1. The first-order chi connectivity index (χ1) is 15.4. The number of ether oxygens (including phenoxy) is 2. The third-order valence-electron chi connectivity index (χ3n) is 4.85. The molecule has 32 heavy (non-hydrogen) atoms. The summed E-state index contributed by atoms with van der Waals surface area (Å²) in [5, 5.41) is 0.443. The fraction of sp³-hybridized carbons (Fsp3) is 0.174. The smallest absolute Gasteiger partial charge is 0.351 e. The van der Waals surface area contributed by atoms with Crippen molar-refractivity contribution >= 4 is 34.7 Å². The van der Waals surface area contributed by atoms with E-state index >= 15 is 0 Å². The van der Waals surface area contributed by atoms with Gasteiger partial charge >= 0.3 is 17.6 Å². The maximum atomic E-state index is 12.4. The number of hydrogen-bond acceptors (Lipinski definition) is 8. The minimum atomic E-state index is -0.870. The van der Waals surface area contributed by atoms with Gasteiger partial charge in [0.25, 0.3) is 11.8 Å². The lowest BCUT2D eigenvalue weighted by atomic mass is 10.1. The molecule has 1 aromatic heterocycles. The molecule has 0 N–H and O–H groups in total. The van der Waals surface area contributed by atoms with Gasteiger partial charge in [0.1, 0.15) is 16.9 Å². The fourth-order valence-corrected chi connectivity index (χ4v) is 3.33. The molecule has 0 saturated carbocycles. The zero-order valence-corrected chi connectivity index (χ0v) is 17.0. The number of amides is 2. The Morgan fingerprint density at radius 3 is 2.31 bits per heavy atom. The van der Waals surface area contributed by atoms with Crippen LogP contribution in [0.2, 0.25) is 0 Å². The summed E-state index contributed by atoms with van der Waals surface area (Å²) >= 11 is 0. The van der Waals surface area contributed by atoms with E-state index in [2.05, 4.69) is 0 Å². The summed E-state index contributed by atoms with van der Waals surface area (Å²) < 4.78 is 15.2. The van der Waals surface area contributed by atoms with Crippen molar-refractivity contribution < 1.29 is 33.1 Å². The quantitative estimate of drug-likeness (QED) is 0.251. The molecule has 1 aliphatic rings. The summed E-state index contributed by atoms with van der Waals surface area (Å²) in [7, 11) is 0. The van der Waals surface area contributed by atoms with Crippen LogP contribution in [0.4, 0.5) is 0 Å². The number of nitrogens with zero attached hydrogens (tertiary/aromatic N) is 1. The SMILES string of the molecule is CCOC(=O)c1cc2ccc(OC(=O)CCN3C(=O)c4ccccc4C3=O)cc2oc1=O. The number of hydrogen-bond donors (Lipinski definition) is 0. The highest BCUT2D eigenvalue weighted by Gasteiger charge is 2.35. The van der Waals surface area contributed by atoms with Gasteiger partial charge in [0.2, 0.25) is 0 Å². The fourth-order valence-electron chi connectivity index (χ4n) is 3.33. The molecule has 9 heteroatoms. The van der Waals surface area contributed by atoms with Crippen LogP contribution in [0.1, 0.15) is 44.4 Å². The Balaban J connectivity index is 1.43. The van der Waals surface area contributed by atoms with Gasteiger partial charge in [-0.3, -0.25) is 19.3 Å². The van der Waals surface area contributed by atoms with Crippen LogP contribution in [0.25, 0.3) is 11.0 Å². The minimum absolute atomic E-state index is 0.108. The van der Waals surface area contributed by atoms with Gasteiger partial charge in [-0.1, -0.05) is 12.1 Å². The third-order valence-corrected chi connectivity index (χ3v) is 4.85. The maximum Gasteiger partial charge on any atom is 0.351 e. The lowest BCUT2D eigenvalue weighted by Gasteiger charge is -2.13. The van der Waals surface area contributed by atoms with Gasteiger partial charge in [0.05, 0.1) is 24.2 Å². The van der Waals surface area contributed by atoms with E-state index in [0.29, 0.717) is 16.5 Å². The summed E-state index contributed by atoms with van der Waals surface area (Å²) in [4.78, 5) is 61.8. The molecule has 0 atom stereocenters. The summed E-state index contributed by atoms with van der Waals surface area (Å²) in [5.74, 6) is -2.26. The van der Waals surface area contributed by atoms with Crippen LogP contribution < -0.4 is 10.4 Å². The maximum absolute atomic E-state index is 12.4. The summed E-state index contributed by atoms with van der Waals surface area (Å²) in [6, 6.07) is 12.1. The number of carbonyl (C=O) groups is 4. The first kappa shape index (κ1) is 21.0. The molecular weight excluding hydrogens is 418 g/mol. The lowest BCUT2D eigenvalue weighted by Crippen LogP contribution is -2.32. The van der Waals surface area contributed by atoms with Crippen LogP contribution in [0.3, 0.4) is 0 Å². The molecule has 0 unspecified atom stereocenters. The highest BCUT2D eigenvalue weighted by atomic mass is 16.5. The van der Waals surface area contributed by atoms with Crippen molar-refractivity contribution in [3.8, 4) is 5.75 Å². The molecule has 2 aromatic carbocycles. The first-order valence-corrected chi connectivity index (χ1v) is 9.80. The number of fused-ring (bicyclic) bond motifs is 2. The largest absolute Gasteiger partial charge is 0.462 e. The van der Waals surface area contributed by atoms with Gasteiger partial charge in [-0.15, -0.1) is 0 Å². The van der Waals surface area contributed by atoms with Crippen LogP contribution in [0, 0.1) is 0 Å². The van der Waals surface area contributed by atoms with Gasteiger partial charge < -0.3 is 13.9 Å². The first-order valence-electron chi connectivity index (χ1n) is 9.80. The summed E-state index contributed by atoms with van der Waals surface area (Å²) in [6.45, 7) is 1.61. The van der Waals surface area contributed by atoms with Crippen LogP contribution in [-0.4, -0.2) is 41.8 Å². The number of esters is 2. The van der Waals surface area contributed by atoms with E-state index in [9.17, 15) is 24.0 Å². The number of benzene rings is 2. The monoisotopic (exact) mass is 435 g/mol. The second-order valence-electron chi connectivity index (χ2n) is 6.90. The van der Waals surface area contributed by atoms with Crippen molar-refractivity contribution in [3.63, 3.8) is 0 Å².